The van der Waals surface area contributed by atoms with E-state index in [2.05, 4.69) is 0 Å². The molecule has 0 heterocycles. The van der Waals surface area contributed by atoms with Gasteiger partial charge in [-0.15, -0.1) is 23.5 Å². The molecule has 0 amide bonds. The molecule has 0 aromatic heterocycles. The van der Waals surface area contributed by atoms with Gasteiger partial charge in [0.15, 0.2) is 5.12 Å². The number of hydrogen-bond acceptors (Lipinski definition) is 14. The first-order chi connectivity index (χ1) is 18.0. The summed E-state index contributed by atoms with van der Waals surface area (Å²) >= 11 is 8.92. The number of hydrogen-bond donors (Lipinski definition) is 2. The van der Waals surface area contributed by atoms with Crippen LogP contribution in [0.5, 0.6) is 0 Å². The van der Waals surface area contributed by atoms with Crippen LogP contribution in [0.1, 0.15) is 25.7 Å². The van der Waals surface area contributed by atoms with Gasteiger partial charge in [0, 0.05) is 74.7 Å². The summed E-state index contributed by atoms with van der Waals surface area (Å²) in [6.45, 7) is 0.639. The molecule has 1 unspecified atom stereocenters. The van der Waals surface area contributed by atoms with E-state index in [0.717, 1.165) is 29.4 Å². The van der Waals surface area contributed by atoms with E-state index in [-0.39, 0.29) is 28.9 Å². The first-order valence-electron chi connectivity index (χ1n) is 11.9. The fourth-order valence-electron chi connectivity index (χ4n) is 2.34. The van der Waals surface area contributed by atoms with Gasteiger partial charge in [0.05, 0.1) is 24.7 Å². The summed E-state index contributed by atoms with van der Waals surface area (Å²) in [5, 5.41) is 17.4. The van der Waals surface area contributed by atoms with Crippen LogP contribution in [-0.4, -0.2) is 120 Å². The lowest BCUT2D eigenvalue weighted by atomic mass is 10.5. The van der Waals surface area contributed by atoms with Crippen molar-refractivity contribution in [1.29, 1.82) is 0 Å². The van der Waals surface area contributed by atoms with Crippen molar-refractivity contribution in [2.24, 2.45) is 0 Å². The van der Waals surface area contributed by atoms with Gasteiger partial charge >= 0.3 is 11.9 Å². The van der Waals surface area contributed by atoms with Gasteiger partial charge in [0.25, 0.3) is 0 Å². The Bertz CT molecular complexity index is 614. The SMILES string of the molecule is O=C(CCSCCCS(=O)CCSCCSC(=O)CCSCCC(=O)OCCSCO)OCCSCO. The minimum Gasteiger partial charge on any atom is -0.465 e. The molecule has 218 valence electrons. The van der Waals surface area contributed by atoms with Crippen LogP contribution < -0.4 is 0 Å². The summed E-state index contributed by atoms with van der Waals surface area (Å²) in [5.41, 5.74) is 0. The van der Waals surface area contributed by atoms with E-state index < -0.39 is 10.8 Å². The summed E-state index contributed by atoms with van der Waals surface area (Å²) in [7, 11) is -0.837. The van der Waals surface area contributed by atoms with E-state index in [1.807, 2.05) is 0 Å². The van der Waals surface area contributed by atoms with Crippen molar-refractivity contribution in [3.05, 3.63) is 0 Å². The molecule has 0 aliphatic rings. The van der Waals surface area contributed by atoms with E-state index in [1.165, 1.54) is 35.3 Å². The van der Waals surface area contributed by atoms with Gasteiger partial charge in [-0.05, 0) is 12.2 Å². The van der Waals surface area contributed by atoms with Crippen molar-refractivity contribution in [3.63, 3.8) is 0 Å². The zero-order valence-electron chi connectivity index (χ0n) is 21.1. The Hall–Kier alpha value is 0.780. The average Bonchev–Trinajstić information content (AvgIpc) is 2.88. The van der Waals surface area contributed by atoms with Crippen LogP contribution in [0.25, 0.3) is 0 Å². The maximum atomic E-state index is 12.1. The lowest BCUT2D eigenvalue weighted by Gasteiger charge is -2.05. The molecule has 0 spiro atoms. The van der Waals surface area contributed by atoms with E-state index in [9.17, 15) is 18.6 Å². The van der Waals surface area contributed by atoms with Gasteiger partial charge in [-0.1, -0.05) is 11.8 Å². The lowest BCUT2D eigenvalue weighted by molar-refractivity contribution is -0.143. The zero-order chi connectivity index (χ0) is 27.4. The zero-order valence-corrected chi connectivity index (χ0v) is 26.9. The monoisotopic (exact) mass is 656 g/mol. The third-order valence-corrected chi connectivity index (χ3v) is 11.3. The van der Waals surface area contributed by atoms with Crippen LogP contribution in [0.15, 0.2) is 0 Å². The average molecular weight is 657 g/mol. The Labute approximate surface area is 249 Å². The second-order valence-corrected chi connectivity index (χ2v) is 15.7. The highest BCUT2D eigenvalue weighted by atomic mass is 32.2. The molecule has 0 saturated carbocycles. The van der Waals surface area contributed by atoms with Crippen LogP contribution in [0.2, 0.25) is 0 Å². The highest BCUT2D eigenvalue weighted by Crippen LogP contribution is 2.14. The number of thioether (sulfide) groups is 6. The van der Waals surface area contributed by atoms with Gasteiger partial charge < -0.3 is 19.7 Å². The predicted octanol–water partition coefficient (Wildman–Crippen LogP) is 3.21. The van der Waals surface area contributed by atoms with Crippen molar-refractivity contribution in [2.75, 3.05) is 88.4 Å². The number of ether oxygens (including phenoxy) is 2. The smallest absolute Gasteiger partial charge is 0.306 e. The molecule has 15 heteroatoms. The van der Waals surface area contributed by atoms with Gasteiger partial charge in [-0.25, -0.2) is 0 Å². The Morgan fingerprint density at radius 2 is 1.14 bits per heavy atom. The third kappa shape index (κ3) is 29.6. The maximum Gasteiger partial charge on any atom is 0.306 e. The van der Waals surface area contributed by atoms with Crippen LogP contribution in [0, 0.1) is 0 Å². The fourth-order valence-corrected chi connectivity index (χ4v) is 8.39. The minimum atomic E-state index is -0.837. The molecule has 0 radical (unpaired) electrons. The standard InChI is InChI=1S/C22H40O8S7/c23-18-34-11-5-29-20(25)2-8-31-7-1-16-37(28)17-15-33-13-14-36-22(27)4-10-32-9-3-21(26)30-6-12-35-19-24/h23-24H,1-19H2. The van der Waals surface area contributed by atoms with E-state index in [1.54, 1.807) is 35.3 Å². The molecule has 0 saturated heterocycles. The van der Waals surface area contributed by atoms with Crippen molar-refractivity contribution < 1.29 is 38.3 Å². The molecule has 0 aromatic carbocycles. The van der Waals surface area contributed by atoms with Crippen LogP contribution in [-0.2, 0) is 34.7 Å². The molecule has 0 rings (SSSR count). The Kier molecular flexibility index (Phi) is 30.4. The van der Waals surface area contributed by atoms with Crippen LogP contribution in [0.4, 0.5) is 0 Å². The first-order valence-corrected chi connectivity index (χ1v) is 20.2. The molecule has 0 fully saturated rings. The van der Waals surface area contributed by atoms with Gasteiger partial charge in [-0.2, -0.15) is 35.3 Å². The van der Waals surface area contributed by atoms with Crippen molar-refractivity contribution in [1.82, 2.24) is 0 Å². The van der Waals surface area contributed by atoms with Crippen molar-refractivity contribution >= 4 is 98.4 Å². The van der Waals surface area contributed by atoms with Gasteiger partial charge in [0.2, 0.25) is 0 Å². The minimum absolute atomic E-state index is 0.0248. The summed E-state index contributed by atoms with van der Waals surface area (Å²) in [6.07, 6.45) is 2.04. The van der Waals surface area contributed by atoms with Crippen LogP contribution >= 0.6 is 70.6 Å². The molecule has 0 aliphatic carbocycles. The quantitative estimate of drug-likeness (QED) is 0.0763. The maximum absolute atomic E-state index is 12.1. The second kappa shape index (κ2) is 29.8. The fraction of sp³-hybridized carbons (Fsp3) is 0.864. The molecule has 2 N–H and O–H groups in total. The lowest BCUT2D eigenvalue weighted by Crippen LogP contribution is -2.09. The van der Waals surface area contributed by atoms with Crippen molar-refractivity contribution in [2.45, 2.75) is 25.7 Å². The molecule has 1 atom stereocenters. The van der Waals surface area contributed by atoms with E-state index in [4.69, 9.17) is 19.7 Å². The Balaban J connectivity index is 3.42. The second-order valence-electron chi connectivity index (χ2n) is 7.02. The summed E-state index contributed by atoms with van der Waals surface area (Å²) in [5.74, 6) is 7.44. The van der Waals surface area contributed by atoms with Crippen LogP contribution in [0.3, 0.4) is 0 Å². The molecule has 37 heavy (non-hydrogen) atoms. The molecule has 0 aliphatic heterocycles. The number of esters is 2. The largest absolute Gasteiger partial charge is 0.465 e. The summed E-state index contributed by atoms with van der Waals surface area (Å²) in [4.78, 5) is 34.9. The summed E-state index contributed by atoms with van der Waals surface area (Å²) in [6, 6.07) is 0. The highest BCUT2D eigenvalue weighted by molar-refractivity contribution is 8.14. The number of aliphatic hydroxyl groups is 2. The molecular formula is C22H40O8S7. The van der Waals surface area contributed by atoms with E-state index >= 15 is 0 Å². The molecular weight excluding hydrogens is 617 g/mol. The third-order valence-electron chi connectivity index (χ3n) is 4.12. The molecule has 0 aromatic rings. The predicted molar refractivity (Wildman–Crippen MR) is 167 cm³/mol. The normalized spacial score (nSPS) is 11.8. The Morgan fingerprint density at radius 3 is 1.73 bits per heavy atom. The number of carbonyl (C=O) groups is 3. The first kappa shape index (κ1) is 37.8. The number of carbonyl (C=O) groups excluding carboxylic acids is 3. The number of aliphatic hydroxyl groups excluding tert-OH is 2. The Morgan fingerprint density at radius 1 is 0.595 bits per heavy atom. The van der Waals surface area contributed by atoms with Gasteiger partial charge in [0.1, 0.15) is 13.2 Å². The molecule has 0 bridgehead atoms. The molecule has 8 nitrogen and oxygen atoms in total. The van der Waals surface area contributed by atoms with Crippen molar-refractivity contribution in [3.8, 4) is 0 Å². The van der Waals surface area contributed by atoms with E-state index in [0.29, 0.717) is 72.7 Å². The topological polar surface area (TPSA) is 127 Å². The number of rotatable bonds is 27. The summed E-state index contributed by atoms with van der Waals surface area (Å²) < 4.78 is 22.2. The highest BCUT2D eigenvalue weighted by Gasteiger charge is 2.07. The van der Waals surface area contributed by atoms with Gasteiger partial charge in [-0.3, -0.25) is 18.6 Å².